The van der Waals surface area contributed by atoms with E-state index in [2.05, 4.69) is 25.5 Å². The number of fused-ring (bicyclic) bond motifs is 2. The number of amides is 1. The normalized spacial score (nSPS) is 16.7. The van der Waals surface area contributed by atoms with Crippen LogP contribution in [0.2, 0.25) is 0 Å². The first-order valence-corrected chi connectivity index (χ1v) is 9.00. The Kier molecular flexibility index (Phi) is 4.18. The lowest BCUT2D eigenvalue weighted by molar-refractivity contribution is -0.121. The second-order valence-electron chi connectivity index (χ2n) is 6.92. The molecule has 1 amide bonds. The van der Waals surface area contributed by atoms with Crippen LogP contribution >= 0.6 is 0 Å². The van der Waals surface area contributed by atoms with Crippen molar-refractivity contribution in [2.75, 3.05) is 0 Å². The summed E-state index contributed by atoms with van der Waals surface area (Å²) in [4.78, 5) is 21.1. The molecule has 8 heteroatoms. The molecule has 3 aromatic heterocycles. The van der Waals surface area contributed by atoms with E-state index < -0.39 is 0 Å². The summed E-state index contributed by atoms with van der Waals surface area (Å²) in [5.74, 6) is 0.656. The summed E-state index contributed by atoms with van der Waals surface area (Å²) in [5.41, 5.74) is 5.34. The fourth-order valence-electron chi connectivity index (χ4n) is 3.88. The number of aryl methyl sites for hydroxylation is 3. The van der Waals surface area contributed by atoms with Crippen LogP contribution < -0.4 is 5.32 Å². The molecule has 1 atom stereocenters. The third kappa shape index (κ3) is 2.85. The number of carbonyl (C=O) groups is 1. The fourth-order valence-corrected chi connectivity index (χ4v) is 3.88. The maximum atomic E-state index is 12.5. The molecule has 0 fully saturated rings. The van der Waals surface area contributed by atoms with Gasteiger partial charge in [0.2, 0.25) is 5.91 Å². The van der Waals surface area contributed by atoms with Gasteiger partial charge in [0.15, 0.2) is 0 Å². The van der Waals surface area contributed by atoms with Crippen LogP contribution in [0.5, 0.6) is 0 Å². The average molecular weight is 353 g/mol. The molecule has 0 saturated heterocycles. The minimum absolute atomic E-state index is 0.0594. The highest BCUT2D eigenvalue weighted by atomic mass is 16.1. The summed E-state index contributed by atoms with van der Waals surface area (Å²) in [5, 5.41) is 11.7. The number of rotatable bonds is 4. The van der Waals surface area contributed by atoms with Crippen LogP contribution in [0.15, 0.2) is 12.5 Å². The van der Waals surface area contributed by atoms with Crippen molar-refractivity contribution in [3.8, 4) is 0 Å². The van der Waals surface area contributed by atoms with Gasteiger partial charge < -0.3 is 5.32 Å². The molecule has 1 N–H and O–H groups in total. The van der Waals surface area contributed by atoms with Crippen molar-refractivity contribution in [2.24, 2.45) is 7.05 Å². The Balaban J connectivity index is 1.45. The van der Waals surface area contributed by atoms with E-state index in [-0.39, 0.29) is 11.9 Å². The van der Waals surface area contributed by atoms with Gasteiger partial charge in [0.1, 0.15) is 6.33 Å². The number of hydrogen-bond acceptors (Lipinski definition) is 5. The molecule has 3 aromatic rings. The zero-order valence-electron chi connectivity index (χ0n) is 15.4. The maximum absolute atomic E-state index is 12.5. The van der Waals surface area contributed by atoms with Gasteiger partial charge >= 0.3 is 0 Å². The Labute approximate surface area is 151 Å². The minimum atomic E-state index is 0.0594. The number of nitrogens with one attached hydrogen (secondary N) is 1. The molecule has 0 unspecified atom stereocenters. The lowest BCUT2D eigenvalue weighted by Gasteiger charge is -2.24. The Bertz CT molecular complexity index is 971. The molecule has 8 nitrogen and oxygen atoms in total. The van der Waals surface area contributed by atoms with Crippen LogP contribution in [-0.2, 0) is 24.7 Å². The van der Waals surface area contributed by atoms with Gasteiger partial charge in [-0.1, -0.05) is 0 Å². The fraction of sp³-hybridized carbons (Fsp3) is 0.500. The quantitative estimate of drug-likeness (QED) is 0.769. The lowest BCUT2D eigenvalue weighted by Crippen LogP contribution is -2.31. The van der Waals surface area contributed by atoms with Crippen molar-refractivity contribution in [1.29, 1.82) is 0 Å². The number of nitrogens with zero attached hydrogens (tertiary/aromatic N) is 6. The highest BCUT2D eigenvalue weighted by molar-refractivity contribution is 5.76. The summed E-state index contributed by atoms with van der Waals surface area (Å²) < 4.78 is 3.64. The van der Waals surface area contributed by atoms with Gasteiger partial charge in [0.05, 0.1) is 12.2 Å². The summed E-state index contributed by atoms with van der Waals surface area (Å²) >= 11 is 0. The van der Waals surface area contributed by atoms with Gasteiger partial charge in [-0.25, -0.2) is 9.50 Å². The Morgan fingerprint density at radius 1 is 1.35 bits per heavy atom. The van der Waals surface area contributed by atoms with Gasteiger partial charge in [-0.15, -0.1) is 0 Å². The Morgan fingerprint density at radius 3 is 3.04 bits per heavy atom. The van der Waals surface area contributed by atoms with Crippen LogP contribution in [0.25, 0.3) is 5.78 Å². The van der Waals surface area contributed by atoms with E-state index >= 15 is 0 Å². The van der Waals surface area contributed by atoms with Crippen LogP contribution in [-0.4, -0.2) is 35.3 Å². The highest BCUT2D eigenvalue weighted by Gasteiger charge is 2.24. The molecule has 0 radical (unpaired) electrons. The SMILES string of the molecule is Cc1nc2ncnn2c(C)c1CCC(=O)N[C@H]1CCCc2c1cnn2C. The summed E-state index contributed by atoms with van der Waals surface area (Å²) in [6.45, 7) is 3.95. The standard InChI is InChI=1S/C18H23N7O/c1-11-13(12(2)25-18(22-11)19-10-21-25)7-8-17(26)23-15-5-4-6-16-14(15)9-20-24(16)3/h9-10,15H,4-8H2,1-3H3,(H,23,26)/t15-/m0/s1. The van der Waals surface area contributed by atoms with Crippen LogP contribution in [0.4, 0.5) is 0 Å². The van der Waals surface area contributed by atoms with Gasteiger partial charge in [-0.05, 0) is 45.1 Å². The molecule has 26 heavy (non-hydrogen) atoms. The van der Waals surface area contributed by atoms with E-state index in [4.69, 9.17) is 0 Å². The highest BCUT2D eigenvalue weighted by Crippen LogP contribution is 2.29. The van der Waals surface area contributed by atoms with E-state index in [0.717, 1.165) is 41.8 Å². The van der Waals surface area contributed by atoms with E-state index in [1.54, 1.807) is 4.52 Å². The van der Waals surface area contributed by atoms with E-state index in [0.29, 0.717) is 18.6 Å². The van der Waals surface area contributed by atoms with Crippen molar-refractivity contribution in [1.82, 2.24) is 34.7 Å². The smallest absolute Gasteiger partial charge is 0.252 e. The van der Waals surface area contributed by atoms with E-state index in [9.17, 15) is 4.79 Å². The molecule has 3 heterocycles. The van der Waals surface area contributed by atoms with Gasteiger partial charge in [0, 0.05) is 36.1 Å². The first-order valence-electron chi connectivity index (χ1n) is 9.00. The number of aromatic nitrogens is 6. The van der Waals surface area contributed by atoms with Gasteiger partial charge in [-0.2, -0.15) is 15.2 Å². The molecule has 0 spiro atoms. The summed E-state index contributed by atoms with van der Waals surface area (Å²) in [6.07, 6.45) is 7.52. The summed E-state index contributed by atoms with van der Waals surface area (Å²) in [6, 6.07) is 0.0677. The third-order valence-corrected chi connectivity index (χ3v) is 5.30. The average Bonchev–Trinajstić information content (AvgIpc) is 3.22. The molecule has 0 aromatic carbocycles. The Hall–Kier alpha value is -2.77. The first-order chi connectivity index (χ1) is 12.5. The molecule has 136 valence electrons. The van der Waals surface area contributed by atoms with Crippen LogP contribution in [0, 0.1) is 13.8 Å². The summed E-state index contributed by atoms with van der Waals surface area (Å²) in [7, 11) is 1.96. The molecule has 0 aliphatic heterocycles. The first kappa shape index (κ1) is 16.7. The van der Waals surface area contributed by atoms with Crippen molar-refractivity contribution in [2.45, 2.75) is 52.0 Å². The second-order valence-corrected chi connectivity index (χ2v) is 6.92. The van der Waals surface area contributed by atoms with Crippen molar-refractivity contribution < 1.29 is 4.79 Å². The van der Waals surface area contributed by atoms with Crippen LogP contribution in [0.3, 0.4) is 0 Å². The van der Waals surface area contributed by atoms with Gasteiger partial charge in [-0.3, -0.25) is 9.48 Å². The minimum Gasteiger partial charge on any atom is -0.349 e. The topological polar surface area (TPSA) is 90.0 Å². The van der Waals surface area contributed by atoms with Crippen LogP contribution in [0.1, 0.15) is 53.5 Å². The van der Waals surface area contributed by atoms with Crippen molar-refractivity contribution in [3.63, 3.8) is 0 Å². The number of carbonyl (C=O) groups excluding carboxylic acids is 1. The molecule has 4 rings (SSSR count). The Morgan fingerprint density at radius 2 is 2.19 bits per heavy atom. The monoisotopic (exact) mass is 353 g/mol. The number of hydrogen-bond donors (Lipinski definition) is 1. The molecule has 1 aliphatic carbocycles. The predicted molar refractivity (Wildman–Crippen MR) is 95.6 cm³/mol. The zero-order valence-corrected chi connectivity index (χ0v) is 15.4. The van der Waals surface area contributed by atoms with Gasteiger partial charge in [0.25, 0.3) is 5.78 Å². The van der Waals surface area contributed by atoms with Crippen molar-refractivity contribution >= 4 is 11.7 Å². The maximum Gasteiger partial charge on any atom is 0.252 e. The van der Waals surface area contributed by atoms with E-state index in [1.165, 1.54) is 12.0 Å². The lowest BCUT2D eigenvalue weighted by atomic mass is 9.93. The molecule has 0 bridgehead atoms. The zero-order chi connectivity index (χ0) is 18.3. The predicted octanol–water partition coefficient (Wildman–Crippen LogP) is 1.60. The molecular weight excluding hydrogens is 330 g/mol. The van der Waals surface area contributed by atoms with E-state index in [1.807, 2.05) is 31.8 Å². The largest absolute Gasteiger partial charge is 0.349 e. The second kappa shape index (κ2) is 6.51. The molecule has 1 aliphatic rings. The molecule has 0 saturated carbocycles. The third-order valence-electron chi connectivity index (χ3n) is 5.30. The van der Waals surface area contributed by atoms with Crippen molar-refractivity contribution in [3.05, 3.63) is 40.7 Å². The molecular formula is C18H23N7O.